The van der Waals surface area contributed by atoms with Crippen molar-refractivity contribution in [1.29, 1.82) is 0 Å². The van der Waals surface area contributed by atoms with Gasteiger partial charge in [0.25, 0.3) is 0 Å². The number of benzene rings is 1. The van der Waals surface area contributed by atoms with Gasteiger partial charge in [-0.05, 0) is 30.7 Å². The minimum Gasteiger partial charge on any atom is -0.480 e. The summed E-state index contributed by atoms with van der Waals surface area (Å²) in [5.41, 5.74) is 7.02. The fourth-order valence-electron chi connectivity index (χ4n) is 3.87. The Balaban J connectivity index is 2.01. The molecule has 0 saturated carbocycles. The van der Waals surface area contributed by atoms with Crippen LogP contribution in [0.15, 0.2) is 30.3 Å². The van der Waals surface area contributed by atoms with E-state index in [1.165, 1.54) is 4.90 Å². The molecule has 0 bridgehead atoms. The zero-order valence-corrected chi connectivity index (χ0v) is 19.1. The molecule has 10 nitrogen and oxygen atoms in total. The first-order valence-corrected chi connectivity index (χ1v) is 11.2. The number of nitrogens with two attached hydrogens (primary N) is 1. The maximum atomic E-state index is 12.9. The van der Waals surface area contributed by atoms with Gasteiger partial charge in [-0.25, -0.2) is 4.79 Å². The Morgan fingerprint density at radius 3 is 2.42 bits per heavy atom. The van der Waals surface area contributed by atoms with Gasteiger partial charge in [-0.15, -0.1) is 0 Å². The number of carboxylic acid groups (broad SMARTS) is 1. The van der Waals surface area contributed by atoms with Crippen molar-refractivity contribution < 1.29 is 29.4 Å². The summed E-state index contributed by atoms with van der Waals surface area (Å²) in [6.07, 6.45) is 1.86. The number of rotatable bonds is 11. The predicted octanol–water partition coefficient (Wildman–Crippen LogP) is -0.360. The Hall–Kier alpha value is -2.98. The van der Waals surface area contributed by atoms with Gasteiger partial charge < -0.3 is 31.5 Å². The average Bonchev–Trinajstić information content (AvgIpc) is 3.30. The SMILES string of the molecule is CCC(C)C(NC(=O)C(CO)NC(=O)C1CCCN1C(=O)C(N)Cc1ccccc1)C(=O)O. The minimum absolute atomic E-state index is 0.332. The smallest absolute Gasteiger partial charge is 0.326 e. The zero-order valence-electron chi connectivity index (χ0n) is 19.1. The fourth-order valence-corrected chi connectivity index (χ4v) is 3.87. The van der Waals surface area contributed by atoms with E-state index in [1.54, 1.807) is 13.8 Å². The average molecular weight is 463 g/mol. The van der Waals surface area contributed by atoms with Gasteiger partial charge in [-0.3, -0.25) is 14.4 Å². The highest BCUT2D eigenvalue weighted by Crippen LogP contribution is 2.19. The quantitative estimate of drug-likeness (QED) is 0.300. The van der Waals surface area contributed by atoms with Crippen LogP contribution in [0, 0.1) is 5.92 Å². The van der Waals surface area contributed by atoms with E-state index in [9.17, 15) is 29.4 Å². The van der Waals surface area contributed by atoms with E-state index in [2.05, 4.69) is 10.6 Å². The van der Waals surface area contributed by atoms with Gasteiger partial charge in [0.1, 0.15) is 18.1 Å². The van der Waals surface area contributed by atoms with Crippen molar-refractivity contribution in [3.63, 3.8) is 0 Å². The van der Waals surface area contributed by atoms with E-state index < -0.39 is 48.6 Å². The second-order valence-electron chi connectivity index (χ2n) is 8.44. The Morgan fingerprint density at radius 1 is 1.18 bits per heavy atom. The Kier molecular flexibility index (Phi) is 9.80. The highest BCUT2D eigenvalue weighted by Gasteiger charge is 2.38. The largest absolute Gasteiger partial charge is 0.480 e. The fraction of sp³-hybridized carbons (Fsp3) is 0.565. The molecule has 0 radical (unpaired) electrons. The van der Waals surface area contributed by atoms with E-state index in [1.807, 2.05) is 30.3 Å². The monoisotopic (exact) mass is 462 g/mol. The molecule has 2 rings (SSSR count). The van der Waals surface area contributed by atoms with Crippen molar-refractivity contribution in [2.24, 2.45) is 11.7 Å². The molecule has 1 aliphatic heterocycles. The van der Waals surface area contributed by atoms with Gasteiger partial charge in [0.2, 0.25) is 17.7 Å². The number of aliphatic hydroxyl groups is 1. The van der Waals surface area contributed by atoms with Crippen LogP contribution in [0.3, 0.4) is 0 Å². The number of carbonyl (C=O) groups excluding carboxylic acids is 3. The molecule has 10 heteroatoms. The van der Waals surface area contributed by atoms with Gasteiger partial charge in [0, 0.05) is 6.54 Å². The molecule has 1 aromatic rings. The van der Waals surface area contributed by atoms with Crippen molar-refractivity contribution in [3.05, 3.63) is 35.9 Å². The van der Waals surface area contributed by atoms with Crippen molar-refractivity contribution in [2.75, 3.05) is 13.2 Å². The maximum absolute atomic E-state index is 12.9. The molecule has 33 heavy (non-hydrogen) atoms. The lowest BCUT2D eigenvalue weighted by Crippen LogP contribution is -2.58. The standard InChI is InChI=1S/C23H34N4O6/c1-3-14(2)19(23(32)33)26-20(29)17(13-28)25-21(30)18-10-7-11-27(18)22(31)16(24)12-15-8-5-4-6-9-15/h4-6,8-9,14,16-19,28H,3,7,10-13,24H2,1-2H3,(H,25,30)(H,26,29)(H,32,33). The predicted molar refractivity (Wildman–Crippen MR) is 121 cm³/mol. The van der Waals surface area contributed by atoms with Gasteiger partial charge >= 0.3 is 5.97 Å². The Labute approximate surface area is 193 Å². The number of hydrogen-bond donors (Lipinski definition) is 5. The molecule has 0 aromatic heterocycles. The van der Waals surface area contributed by atoms with Crippen LogP contribution in [0.4, 0.5) is 0 Å². The lowest BCUT2D eigenvalue weighted by molar-refractivity contribution is -0.144. The molecule has 1 fully saturated rings. The van der Waals surface area contributed by atoms with Gasteiger partial charge in [-0.2, -0.15) is 0 Å². The molecule has 5 atom stereocenters. The minimum atomic E-state index is -1.33. The number of nitrogens with zero attached hydrogens (tertiary/aromatic N) is 1. The summed E-state index contributed by atoms with van der Waals surface area (Å²) >= 11 is 0. The van der Waals surface area contributed by atoms with Crippen molar-refractivity contribution in [1.82, 2.24) is 15.5 Å². The number of amides is 3. The summed E-state index contributed by atoms with van der Waals surface area (Å²) in [4.78, 5) is 51.2. The van der Waals surface area contributed by atoms with Gasteiger partial charge in [0.15, 0.2) is 0 Å². The van der Waals surface area contributed by atoms with Crippen LogP contribution in [0.5, 0.6) is 0 Å². The van der Waals surface area contributed by atoms with E-state index in [0.29, 0.717) is 32.2 Å². The first kappa shape index (κ1) is 26.3. The topological polar surface area (TPSA) is 162 Å². The lowest BCUT2D eigenvalue weighted by atomic mass is 9.99. The first-order chi connectivity index (χ1) is 15.7. The van der Waals surface area contributed by atoms with Gasteiger partial charge in [0.05, 0.1) is 12.6 Å². The summed E-state index contributed by atoms with van der Waals surface area (Å²) in [6, 6.07) is 5.21. The normalized spacial score (nSPS) is 19.3. The molecule has 0 aliphatic carbocycles. The van der Waals surface area contributed by atoms with Crippen LogP contribution < -0.4 is 16.4 Å². The highest BCUT2D eigenvalue weighted by atomic mass is 16.4. The molecule has 1 aliphatic rings. The number of hydrogen-bond acceptors (Lipinski definition) is 6. The summed E-state index contributed by atoms with van der Waals surface area (Å²) in [6.45, 7) is 3.14. The van der Waals surface area contributed by atoms with E-state index in [-0.39, 0.29) is 11.8 Å². The third-order valence-corrected chi connectivity index (χ3v) is 6.05. The zero-order chi connectivity index (χ0) is 24.5. The molecule has 5 unspecified atom stereocenters. The van der Waals surface area contributed by atoms with Crippen molar-refractivity contribution in [3.8, 4) is 0 Å². The first-order valence-electron chi connectivity index (χ1n) is 11.2. The van der Waals surface area contributed by atoms with Crippen LogP contribution in [0.25, 0.3) is 0 Å². The van der Waals surface area contributed by atoms with Crippen LogP contribution in [0.2, 0.25) is 0 Å². The number of likely N-dealkylation sites (tertiary alicyclic amines) is 1. The van der Waals surface area contributed by atoms with Crippen LogP contribution in [-0.4, -0.2) is 76.1 Å². The molecule has 1 saturated heterocycles. The molecule has 1 heterocycles. The molecular formula is C23H34N4O6. The van der Waals surface area contributed by atoms with Crippen LogP contribution >= 0.6 is 0 Å². The van der Waals surface area contributed by atoms with E-state index >= 15 is 0 Å². The molecule has 182 valence electrons. The number of carboxylic acids is 1. The molecule has 3 amide bonds. The number of carbonyl (C=O) groups is 4. The number of aliphatic carboxylic acids is 1. The third kappa shape index (κ3) is 7.00. The lowest BCUT2D eigenvalue weighted by Gasteiger charge is -2.28. The third-order valence-electron chi connectivity index (χ3n) is 6.05. The number of nitrogens with one attached hydrogen (secondary N) is 2. The second-order valence-corrected chi connectivity index (χ2v) is 8.44. The van der Waals surface area contributed by atoms with Gasteiger partial charge in [-0.1, -0.05) is 50.6 Å². The van der Waals surface area contributed by atoms with E-state index in [0.717, 1.165) is 5.56 Å². The van der Waals surface area contributed by atoms with Crippen molar-refractivity contribution in [2.45, 2.75) is 63.7 Å². The highest BCUT2D eigenvalue weighted by molar-refractivity contribution is 5.94. The molecule has 1 aromatic carbocycles. The summed E-state index contributed by atoms with van der Waals surface area (Å²) in [5, 5.41) is 23.8. The summed E-state index contributed by atoms with van der Waals surface area (Å²) < 4.78 is 0. The summed E-state index contributed by atoms with van der Waals surface area (Å²) in [5.74, 6) is -3.27. The molecule has 0 spiro atoms. The van der Waals surface area contributed by atoms with Crippen molar-refractivity contribution >= 4 is 23.7 Å². The Bertz CT molecular complexity index is 834. The van der Waals surface area contributed by atoms with Crippen LogP contribution in [-0.2, 0) is 25.6 Å². The summed E-state index contributed by atoms with van der Waals surface area (Å²) in [7, 11) is 0. The maximum Gasteiger partial charge on any atom is 0.326 e. The second kappa shape index (κ2) is 12.3. The number of aliphatic hydroxyl groups excluding tert-OH is 1. The van der Waals surface area contributed by atoms with Crippen LogP contribution in [0.1, 0.15) is 38.7 Å². The Morgan fingerprint density at radius 2 is 1.85 bits per heavy atom. The van der Waals surface area contributed by atoms with E-state index in [4.69, 9.17) is 5.73 Å². The molecule has 6 N–H and O–H groups in total. The molecular weight excluding hydrogens is 428 g/mol.